The highest BCUT2D eigenvalue weighted by molar-refractivity contribution is 6.30. The molecule has 0 unspecified atom stereocenters. The predicted octanol–water partition coefficient (Wildman–Crippen LogP) is 4.09. The van der Waals surface area contributed by atoms with E-state index < -0.39 is 0 Å². The van der Waals surface area contributed by atoms with Crippen LogP contribution in [0.15, 0.2) is 30.6 Å². The molecular formula is C12H11Cl2N3. The molecule has 0 atom stereocenters. The number of aromatic nitrogens is 2. The lowest BCUT2D eigenvalue weighted by Crippen LogP contribution is -2.00. The number of rotatable bonds is 3. The van der Waals surface area contributed by atoms with E-state index in [-0.39, 0.29) is 0 Å². The number of anilines is 2. The van der Waals surface area contributed by atoms with Gasteiger partial charge in [0.05, 0.1) is 0 Å². The Labute approximate surface area is 110 Å². The Morgan fingerprint density at radius 1 is 1.12 bits per heavy atom. The summed E-state index contributed by atoms with van der Waals surface area (Å²) in [5, 5.41) is 4.38. The monoisotopic (exact) mass is 267 g/mol. The van der Waals surface area contributed by atoms with Gasteiger partial charge in [-0.15, -0.1) is 0 Å². The van der Waals surface area contributed by atoms with Gasteiger partial charge in [0.25, 0.3) is 0 Å². The van der Waals surface area contributed by atoms with Gasteiger partial charge in [-0.2, -0.15) is 0 Å². The number of nitrogens with one attached hydrogen (secondary N) is 1. The van der Waals surface area contributed by atoms with Crippen LogP contribution in [0.4, 0.5) is 11.5 Å². The molecule has 0 saturated carbocycles. The molecule has 0 radical (unpaired) electrons. The number of benzene rings is 1. The summed E-state index contributed by atoms with van der Waals surface area (Å²) in [7, 11) is 0. The highest BCUT2D eigenvalue weighted by Gasteiger charge is 2.07. The SMILES string of the molecule is CCc1c(Cl)ncnc1Nc1ccc(Cl)cc1. The maximum atomic E-state index is 6.01. The molecule has 1 aromatic heterocycles. The molecule has 0 spiro atoms. The summed E-state index contributed by atoms with van der Waals surface area (Å²) in [5.41, 5.74) is 1.82. The zero-order valence-corrected chi connectivity index (χ0v) is 10.8. The summed E-state index contributed by atoms with van der Waals surface area (Å²) in [6, 6.07) is 7.41. The van der Waals surface area contributed by atoms with E-state index in [1.807, 2.05) is 31.2 Å². The van der Waals surface area contributed by atoms with Crippen molar-refractivity contribution in [3.8, 4) is 0 Å². The zero-order chi connectivity index (χ0) is 12.3. The van der Waals surface area contributed by atoms with Crippen molar-refractivity contribution in [3.63, 3.8) is 0 Å². The van der Waals surface area contributed by atoms with Crippen LogP contribution in [0.25, 0.3) is 0 Å². The fourth-order valence-electron chi connectivity index (χ4n) is 1.48. The number of halogens is 2. The van der Waals surface area contributed by atoms with Crippen LogP contribution < -0.4 is 5.32 Å². The number of hydrogen-bond acceptors (Lipinski definition) is 3. The predicted molar refractivity (Wildman–Crippen MR) is 71.2 cm³/mol. The van der Waals surface area contributed by atoms with Gasteiger partial charge < -0.3 is 5.32 Å². The second-order valence-electron chi connectivity index (χ2n) is 3.48. The first-order chi connectivity index (χ1) is 8.20. The summed E-state index contributed by atoms with van der Waals surface area (Å²) < 4.78 is 0. The average molecular weight is 268 g/mol. The molecule has 0 bridgehead atoms. The van der Waals surface area contributed by atoms with E-state index in [1.165, 1.54) is 6.33 Å². The lowest BCUT2D eigenvalue weighted by Gasteiger charge is -2.10. The topological polar surface area (TPSA) is 37.8 Å². The van der Waals surface area contributed by atoms with Crippen molar-refractivity contribution in [2.24, 2.45) is 0 Å². The minimum absolute atomic E-state index is 0.485. The third-order valence-electron chi connectivity index (χ3n) is 2.35. The molecule has 0 amide bonds. The van der Waals surface area contributed by atoms with E-state index in [1.54, 1.807) is 0 Å². The summed E-state index contributed by atoms with van der Waals surface area (Å²) in [6.07, 6.45) is 2.22. The van der Waals surface area contributed by atoms with Crippen LogP contribution in [0.2, 0.25) is 10.2 Å². The Hall–Kier alpha value is -1.32. The van der Waals surface area contributed by atoms with Gasteiger partial charge in [0.2, 0.25) is 0 Å². The van der Waals surface area contributed by atoms with Crippen molar-refractivity contribution in [2.45, 2.75) is 13.3 Å². The molecule has 5 heteroatoms. The van der Waals surface area contributed by atoms with E-state index >= 15 is 0 Å². The lowest BCUT2D eigenvalue weighted by molar-refractivity contribution is 1.05. The second-order valence-corrected chi connectivity index (χ2v) is 4.27. The van der Waals surface area contributed by atoms with Crippen molar-refractivity contribution < 1.29 is 0 Å². The summed E-state index contributed by atoms with van der Waals surface area (Å²) in [6.45, 7) is 2.01. The standard InChI is InChI=1S/C12H11Cl2N3/c1-2-10-11(14)15-7-16-12(10)17-9-5-3-8(13)4-6-9/h3-7H,2H2,1H3,(H,15,16,17). The minimum atomic E-state index is 0.485. The molecule has 3 nitrogen and oxygen atoms in total. The van der Waals surface area contributed by atoms with Crippen LogP contribution in [0.1, 0.15) is 12.5 Å². The zero-order valence-electron chi connectivity index (χ0n) is 9.24. The van der Waals surface area contributed by atoms with Gasteiger partial charge in [-0.25, -0.2) is 9.97 Å². The van der Waals surface area contributed by atoms with Crippen LogP contribution >= 0.6 is 23.2 Å². The van der Waals surface area contributed by atoms with Gasteiger partial charge in [0, 0.05) is 16.3 Å². The summed E-state index contributed by atoms with van der Waals surface area (Å²) >= 11 is 11.8. The number of hydrogen-bond donors (Lipinski definition) is 1. The highest BCUT2D eigenvalue weighted by atomic mass is 35.5. The Bertz CT molecular complexity index is 512. The van der Waals surface area contributed by atoms with Crippen molar-refractivity contribution in [2.75, 3.05) is 5.32 Å². The van der Waals surface area contributed by atoms with E-state index in [0.29, 0.717) is 10.2 Å². The molecule has 1 N–H and O–H groups in total. The van der Waals surface area contributed by atoms with Crippen molar-refractivity contribution in [1.82, 2.24) is 9.97 Å². The second kappa shape index (κ2) is 5.34. The fraction of sp³-hybridized carbons (Fsp3) is 0.167. The molecule has 0 aliphatic carbocycles. The van der Waals surface area contributed by atoms with E-state index in [4.69, 9.17) is 23.2 Å². The van der Waals surface area contributed by atoms with Gasteiger partial charge >= 0.3 is 0 Å². The first-order valence-electron chi connectivity index (χ1n) is 5.22. The highest BCUT2D eigenvalue weighted by Crippen LogP contribution is 2.24. The third kappa shape index (κ3) is 2.87. The van der Waals surface area contributed by atoms with Gasteiger partial charge in [-0.1, -0.05) is 30.1 Å². The van der Waals surface area contributed by atoms with Gasteiger partial charge in [-0.3, -0.25) is 0 Å². The molecule has 2 rings (SSSR count). The maximum absolute atomic E-state index is 6.01. The van der Waals surface area contributed by atoms with Crippen LogP contribution in [-0.2, 0) is 6.42 Å². The molecule has 17 heavy (non-hydrogen) atoms. The molecule has 0 saturated heterocycles. The van der Waals surface area contributed by atoms with Gasteiger partial charge in [-0.05, 0) is 30.7 Å². The van der Waals surface area contributed by atoms with Crippen molar-refractivity contribution in [1.29, 1.82) is 0 Å². The molecule has 1 heterocycles. The van der Waals surface area contributed by atoms with E-state index in [2.05, 4.69) is 15.3 Å². The van der Waals surface area contributed by atoms with Crippen molar-refractivity contribution in [3.05, 3.63) is 46.3 Å². The molecule has 1 aromatic carbocycles. The first-order valence-corrected chi connectivity index (χ1v) is 5.98. The van der Waals surface area contributed by atoms with Gasteiger partial charge in [0.1, 0.15) is 17.3 Å². The first kappa shape index (κ1) is 12.1. The largest absolute Gasteiger partial charge is 0.340 e. The van der Waals surface area contributed by atoms with Crippen LogP contribution in [-0.4, -0.2) is 9.97 Å². The fourth-order valence-corrected chi connectivity index (χ4v) is 1.87. The molecule has 88 valence electrons. The van der Waals surface area contributed by atoms with Crippen LogP contribution in [0.5, 0.6) is 0 Å². The summed E-state index contributed by atoms with van der Waals surface area (Å²) in [4.78, 5) is 8.15. The molecule has 0 aliphatic heterocycles. The van der Waals surface area contributed by atoms with Gasteiger partial charge in [0.15, 0.2) is 0 Å². The van der Waals surface area contributed by atoms with Crippen LogP contribution in [0.3, 0.4) is 0 Å². The normalized spacial score (nSPS) is 10.3. The van der Waals surface area contributed by atoms with Crippen LogP contribution in [0, 0.1) is 0 Å². The number of nitrogens with zero attached hydrogens (tertiary/aromatic N) is 2. The smallest absolute Gasteiger partial charge is 0.138 e. The Kier molecular flexibility index (Phi) is 3.82. The molecule has 0 fully saturated rings. The Morgan fingerprint density at radius 3 is 2.47 bits per heavy atom. The lowest BCUT2D eigenvalue weighted by atomic mass is 10.2. The maximum Gasteiger partial charge on any atom is 0.138 e. The summed E-state index contributed by atoms with van der Waals surface area (Å²) in [5.74, 6) is 0.731. The molecule has 2 aromatic rings. The van der Waals surface area contributed by atoms with E-state index in [0.717, 1.165) is 23.5 Å². The average Bonchev–Trinajstić information content (AvgIpc) is 2.32. The molecular weight excluding hydrogens is 257 g/mol. The Morgan fingerprint density at radius 2 is 1.82 bits per heavy atom. The third-order valence-corrected chi connectivity index (χ3v) is 2.93. The quantitative estimate of drug-likeness (QED) is 0.852. The van der Waals surface area contributed by atoms with Crippen molar-refractivity contribution >= 4 is 34.7 Å². The minimum Gasteiger partial charge on any atom is -0.340 e. The van der Waals surface area contributed by atoms with E-state index in [9.17, 15) is 0 Å². The molecule has 0 aliphatic rings. The Balaban J connectivity index is 2.29.